The van der Waals surface area contributed by atoms with E-state index in [1.165, 1.54) is 6.07 Å². The van der Waals surface area contributed by atoms with Gasteiger partial charge in [-0.3, -0.25) is 0 Å². The van der Waals surface area contributed by atoms with Crippen LogP contribution < -0.4 is 0 Å². The number of carboxylic acid groups (broad SMARTS) is 1. The zero-order valence-electron chi connectivity index (χ0n) is 13.3. The number of aliphatic hydroxyl groups excluding tert-OH is 1. The Morgan fingerprint density at radius 3 is 2.36 bits per heavy atom. The first-order chi connectivity index (χ1) is 12.2. The molecule has 4 rings (SSSR count). The molecule has 1 heterocycles. The van der Waals surface area contributed by atoms with Gasteiger partial charge in [-0.1, -0.05) is 60.7 Å². The summed E-state index contributed by atoms with van der Waals surface area (Å²) in [6.45, 7) is -0.0300. The van der Waals surface area contributed by atoms with Crippen LogP contribution in [0.3, 0.4) is 0 Å². The summed E-state index contributed by atoms with van der Waals surface area (Å²) in [7, 11) is 0. The Bertz CT molecular complexity index is 1120. The van der Waals surface area contributed by atoms with Crippen molar-refractivity contribution in [3.05, 3.63) is 78.0 Å². The van der Waals surface area contributed by atoms with E-state index in [4.69, 9.17) is 0 Å². The molecule has 0 aliphatic carbocycles. The fourth-order valence-electron chi connectivity index (χ4n) is 3.23. The topological polar surface area (TPSA) is 70.4 Å². The number of para-hydroxylation sites is 1. The quantitative estimate of drug-likeness (QED) is 0.589. The summed E-state index contributed by atoms with van der Waals surface area (Å²) < 4.78 is 0. The van der Waals surface area contributed by atoms with Gasteiger partial charge in [0.05, 0.1) is 12.1 Å². The van der Waals surface area contributed by atoms with Gasteiger partial charge in [-0.25, -0.2) is 9.78 Å². The van der Waals surface area contributed by atoms with Crippen molar-refractivity contribution in [2.45, 2.75) is 6.61 Å². The fraction of sp³-hybridized carbons (Fsp3) is 0.0476. The standard InChI is InChI=1S/C21H15NO3/c23-12-14-5-2-7-16-15(14)6-3-8-17(16)18-9-1-4-13-10-11-19(21(24)25)22-20(13)18/h1-11,23H,12H2,(H,24,25). The highest BCUT2D eigenvalue weighted by molar-refractivity contribution is 6.05. The normalized spacial score (nSPS) is 11.1. The number of hydrogen-bond acceptors (Lipinski definition) is 3. The lowest BCUT2D eigenvalue weighted by molar-refractivity contribution is 0.0691. The summed E-state index contributed by atoms with van der Waals surface area (Å²) in [6.07, 6.45) is 0. The van der Waals surface area contributed by atoms with Crippen LogP contribution in [0.25, 0.3) is 32.8 Å². The van der Waals surface area contributed by atoms with E-state index in [1.807, 2.05) is 54.6 Å². The largest absolute Gasteiger partial charge is 0.477 e. The molecule has 122 valence electrons. The second kappa shape index (κ2) is 6.00. The Balaban J connectivity index is 2.07. The van der Waals surface area contributed by atoms with E-state index < -0.39 is 5.97 Å². The number of aromatic carboxylic acids is 1. The molecule has 0 saturated carbocycles. The lowest BCUT2D eigenvalue weighted by Gasteiger charge is -2.12. The van der Waals surface area contributed by atoms with Crippen molar-refractivity contribution in [3.63, 3.8) is 0 Å². The molecule has 0 fully saturated rings. The van der Waals surface area contributed by atoms with Gasteiger partial charge >= 0.3 is 5.97 Å². The molecule has 0 atom stereocenters. The van der Waals surface area contributed by atoms with Crippen LogP contribution in [0.15, 0.2) is 66.7 Å². The van der Waals surface area contributed by atoms with Crippen LogP contribution in [0.1, 0.15) is 16.1 Å². The molecule has 4 nitrogen and oxygen atoms in total. The summed E-state index contributed by atoms with van der Waals surface area (Å²) in [5, 5.41) is 21.7. The first-order valence-electron chi connectivity index (χ1n) is 7.94. The molecule has 0 unspecified atom stereocenters. The molecule has 0 aliphatic heterocycles. The van der Waals surface area contributed by atoms with Crippen molar-refractivity contribution >= 4 is 27.6 Å². The number of fused-ring (bicyclic) bond motifs is 2. The Morgan fingerprint density at radius 2 is 1.56 bits per heavy atom. The molecule has 25 heavy (non-hydrogen) atoms. The number of rotatable bonds is 3. The van der Waals surface area contributed by atoms with Crippen molar-refractivity contribution in [1.29, 1.82) is 0 Å². The van der Waals surface area contributed by atoms with E-state index in [-0.39, 0.29) is 12.3 Å². The van der Waals surface area contributed by atoms with Crippen molar-refractivity contribution in [3.8, 4) is 11.1 Å². The van der Waals surface area contributed by atoms with Gasteiger partial charge in [0.15, 0.2) is 0 Å². The lowest BCUT2D eigenvalue weighted by atomic mass is 9.94. The average molecular weight is 329 g/mol. The minimum atomic E-state index is -1.04. The molecule has 0 saturated heterocycles. The Hall–Kier alpha value is -3.24. The predicted octanol–water partition coefficient (Wildman–Crippen LogP) is 4.25. The first-order valence-corrected chi connectivity index (χ1v) is 7.94. The number of benzene rings is 3. The van der Waals surface area contributed by atoms with E-state index in [1.54, 1.807) is 6.07 Å². The average Bonchev–Trinajstić information content (AvgIpc) is 2.66. The predicted molar refractivity (Wildman–Crippen MR) is 97.6 cm³/mol. The number of aliphatic hydroxyl groups is 1. The molecule has 4 aromatic rings. The van der Waals surface area contributed by atoms with Crippen molar-refractivity contribution in [2.75, 3.05) is 0 Å². The molecule has 1 aromatic heterocycles. The number of carbonyl (C=O) groups is 1. The zero-order chi connectivity index (χ0) is 17.4. The summed E-state index contributed by atoms with van der Waals surface area (Å²) in [6, 6.07) is 20.8. The molecule has 0 amide bonds. The third kappa shape index (κ3) is 2.53. The van der Waals surface area contributed by atoms with Gasteiger partial charge in [0.25, 0.3) is 0 Å². The highest BCUT2D eigenvalue weighted by atomic mass is 16.4. The fourth-order valence-corrected chi connectivity index (χ4v) is 3.23. The number of hydrogen-bond donors (Lipinski definition) is 2. The van der Waals surface area contributed by atoms with E-state index in [2.05, 4.69) is 4.98 Å². The molecule has 0 bridgehead atoms. The molecule has 0 radical (unpaired) electrons. The van der Waals surface area contributed by atoms with Gasteiger partial charge in [-0.15, -0.1) is 0 Å². The van der Waals surface area contributed by atoms with Crippen molar-refractivity contribution < 1.29 is 15.0 Å². The summed E-state index contributed by atoms with van der Waals surface area (Å²) in [5.41, 5.74) is 3.38. The number of carboxylic acids is 1. The van der Waals surface area contributed by atoms with Gasteiger partial charge < -0.3 is 10.2 Å². The highest BCUT2D eigenvalue weighted by Crippen LogP contribution is 2.34. The number of pyridine rings is 1. The summed E-state index contributed by atoms with van der Waals surface area (Å²) >= 11 is 0. The van der Waals surface area contributed by atoms with Gasteiger partial charge in [0.2, 0.25) is 0 Å². The third-order valence-electron chi connectivity index (χ3n) is 4.41. The van der Waals surface area contributed by atoms with E-state index >= 15 is 0 Å². The maximum absolute atomic E-state index is 11.3. The van der Waals surface area contributed by atoms with Gasteiger partial charge in [0.1, 0.15) is 5.69 Å². The van der Waals surface area contributed by atoms with E-state index in [9.17, 15) is 15.0 Å². The maximum atomic E-state index is 11.3. The Morgan fingerprint density at radius 1 is 0.840 bits per heavy atom. The van der Waals surface area contributed by atoms with Crippen LogP contribution in [0.4, 0.5) is 0 Å². The highest BCUT2D eigenvalue weighted by Gasteiger charge is 2.12. The third-order valence-corrected chi connectivity index (χ3v) is 4.41. The van der Waals surface area contributed by atoms with Crippen LogP contribution in [-0.4, -0.2) is 21.2 Å². The first kappa shape index (κ1) is 15.3. The summed E-state index contributed by atoms with van der Waals surface area (Å²) in [5.74, 6) is -1.04. The van der Waals surface area contributed by atoms with Crippen molar-refractivity contribution in [2.24, 2.45) is 0 Å². The van der Waals surface area contributed by atoms with Gasteiger partial charge in [-0.2, -0.15) is 0 Å². The Labute approximate surface area is 144 Å². The van der Waals surface area contributed by atoms with Crippen molar-refractivity contribution in [1.82, 2.24) is 4.98 Å². The maximum Gasteiger partial charge on any atom is 0.354 e. The lowest BCUT2D eigenvalue weighted by Crippen LogP contribution is -2.00. The van der Waals surface area contributed by atoms with Crippen LogP contribution in [0, 0.1) is 0 Å². The zero-order valence-corrected chi connectivity index (χ0v) is 13.3. The minimum Gasteiger partial charge on any atom is -0.477 e. The molecular formula is C21H15NO3. The minimum absolute atomic E-state index is 0.0243. The molecule has 2 N–H and O–H groups in total. The molecule has 0 aliphatic rings. The molecule has 4 heteroatoms. The van der Waals surface area contributed by atoms with E-state index in [0.717, 1.165) is 32.8 Å². The Kier molecular flexibility index (Phi) is 3.67. The number of nitrogens with zero attached hydrogens (tertiary/aromatic N) is 1. The monoisotopic (exact) mass is 329 g/mol. The summed E-state index contributed by atoms with van der Waals surface area (Å²) in [4.78, 5) is 15.6. The van der Waals surface area contributed by atoms with Crippen LogP contribution >= 0.6 is 0 Å². The van der Waals surface area contributed by atoms with Crippen LogP contribution in [0.5, 0.6) is 0 Å². The second-order valence-corrected chi connectivity index (χ2v) is 5.85. The second-order valence-electron chi connectivity index (χ2n) is 5.85. The molecule has 0 spiro atoms. The number of aromatic nitrogens is 1. The van der Waals surface area contributed by atoms with Gasteiger partial charge in [0, 0.05) is 10.9 Å². The van der Waals surface area contributed by atoms with Crippen LogP contribution in [-0.2, 0) is 6.61 Å². The van der Waals surface area contributed by atoms with E-state index in [0.29, 0.717) is 5.52 Å². The molecule has 3 aromatic carbocycles. The SMILES string of the molecule is O=C(O)c1ccc2cccc(-c3cccc4c(CO)cccc34)c2n1. The smallest absolute Gasteiger partial charge is 0.354 e. The van der Waals surface area contributed by atoms with Crippen LogP contribution in [0.2, 0.25) is 0 Å². The molecular weight excluding hydrogens is 314 g/mol. The van der Waals surface area contributed by atoms with Gasteiger partial charge in [-0.05, 0) is 28.0 Å².